The monoisotopic (exact) mass is 353 g/mol. The second-order valence-corrected chi connectivity index (χ2v) is 8.37. The molecule has 8 heteroatoms. The van der Waals surface area contributed by atoms with Crippen LogP contribution in [0.25, 0.3) is 0 Å². The molecule has 0 aromatic heterocycles. The fourth-order valence-electron chi connectivity index (χ4n) is 1.99. The van der Waals surface area contributed by atoms with Crippen LogP contribution in [0.2, 0.25) is 0 Å². The Bertz CT molecular complexity index is 469. The van der Waals surface area contributed by atoms with Crippen LogP contribution >= 0.6 is 46.8 Å². The molecule has 4 nitrogen and oxygen atoms in total. The second-order valence-electron chi connectivity index (χ2n) is 4.25. The van der Waals surface area contributed by atoms with Gasteiger partial charge in [-0.3, -0.25) is 4.90 Å². The number of nitrogens with zero attached hydrogens (tertiary/aromatic N) is 2. The number of carbonyl (C=O) groups excluding carboxylic acids is 1. The number of urea groups is 1. The highest BCUT2D eigenvalue weighted by atomic mass is 35.6. The van der Waals surface area contributed by atoms with Crippen LogP contribution in [-0.4, -0.2) is 19.7 Å². The Morgan fingerprint density at radius 3 is 2.50 bits per heavy atom. The number of benzene rings is 1. The molecule has 1 N–H and O–H groups in total. The molecule has 1 fully saturated rings. The summed E-state index contributed by atoms with van der Waals surface area (Å²) in [6.45, 7) is 2.06. The number of hydrogen-bond donors (Lipinski definition) is 1. The molecule has 20 heavy (non-hydrogen) atoms. The summed E-state index contributed by atoms with van der Waals surface area (Å²) < 4.78 is -0.313. The molecular weight excluding hydrogens is 341 g/mol. The van der Waals surface area contributed by atoms with Gasteiger partial charge in [-0.25, -0.2) is 4.79 Å². The molecular formula is C12H14Cl3N3OS. The molecule has 0 spiro atoms. The molecule has 0 aliphatic carbocycles. The molecule has 2 rings (SSSR count). The van der Waals surface area contributed by atoms with E-state index >= 15 is 0 Å². The van der Waals surface area contributed by atoms with Crippen LogP contribution in [-0.2, 0) is 0 Å². The topological polar surface area (TPSA) is 35.6 Å². The Labute approximate surface area is 137 Å². The van der Waals surface area contributed by atoms with Crippen molar-refractivity contribution in [3.8, 4) is 0 Å². The third-order valence-electron chi connectivity index (χ3n) is 2.75. The Hall–Kier alpha value is -0.330. The number of amides is 2. The Morgan fingerprint density at radius 2 is 1.95 bits per heavy atom. The molecule has 1 aliphatic heterocycles. The van der Waals surface area contributed by atoms with Gasteiger partial charge in [0.05, 0.1) is 0 Å². The van der Waals surface area contributed by atoms with Crippen molar-refractivity contribution in [2.45, 2.75) is 29.1 Å². The van der Waals surface area contributed by atoms with Crippen molar-refractivity contribution < 1.29 is 4.79 Å². The summed E-state index contributed by atoms with van der Waals surface area (Å²) >= 11 is 18.0. The highest BCUT2D eigenvalue weighted by molar-refractivity contribution is 8.03. The van der Waals surface area contributed by atoms with Gasteiger partial charge < -0.3 is 0 Å². The lowest BCUT2D eigenvalue weighted by molar-refractivity contribution is 0.236. The average molecular weight is 355 g/mol. The molecule has 0 bridgehead atoms. The number of para-hydroxylation sites is 1. The van der Waals surface area contributed by atoms with Crippen molar-refractivity contribution in [2.24, 2.45) is 0 Å². The Morgan fingerprint density at radius 1 is 1.30 bits per heavy atom. The van der Waals surface area contributed by atoms with E-state index in [1.807, 2.05) is 30.3 Å². The largest absolute Gasteiger partial charge is 0.350 e. The lowest BCUT2D eigenvalue weighted by Crippen LogP contribution is -2.37. The molecule has 2 amide bonds. The summed E-state index contributed by atoms with van der Waals surface area (Å²) in [5.41, 5.74) is 3.88. The quantitative estimate of drug-likeness (QED) is 0.637. The van der Waals surface area contributed by atoms with Gasteiger partial charge in [-0.05, 0) is 18.6 Å². The molecule has 0 saturated carbocycles. The van der Waals surface area contributed by atoms with E-state index in [9.17, 15) is 4.79 Å². The van der Waals surface area contributed by atoms with Crippen molar-refractivity contribution in [2.75, 3.05) is 4.90 Å². The normalized spacial score (nSPS) is 19.8. The van der Waals surface area contributed by atoms with E-state index in [0.29, 0.717) is 0 Å². The zero-order valence-corrected chi connectivity index (χ0v) is 13.8. The number of hydrazine groups is 1. The first-order chi connectivity index (χ1) is 9.42. The highest BCUT2D eigenvalue weighted by Gasteiger charge is 2.41. The van der Waals surface area contributed by atoms with Gasteiger partial charge in [-0.1, -0.05) is 66.3 Å². The van der Waals surface area contributed by atoms with E-state index < -0.39 is 3.12 Å². The SMILES string of the molecule is CCCC1NN(SC(Cl)(Cl)Cl)C(=O)N1c1ccccc1. The van der Waals surface area contributed by atoms with E-state index in [-0.39, 0.29) is 12.2 Å². The average Bonchev–Trinajstić information content (AvgIpc) is 2.65. The van der Waals surface area contributed by atoms with E-state index in [4.69, 9.17) is 34.8 Å². The summed E-state index contributed by atoms with van der Waals surface area (Å²) in [6.07, 6.45) is 1.59. The molecule has 110 valence electrons. The number of alkyl halides is 3. The zero-order valence-electron chi connectivity index (χ0n) is 10.7. The van der Waals surface area contributed by atoms with Crippen LogP contribution in [0.4, 0.5) is 10.5 Å². The van der Waals surface area contributed by atoms with Crippen LogP contribution in [0.3, 0.4) is 0 Å². The molecule has 1 saturated heterocycles. The number of carbonyl (C=O) groups is 1. The third kappa shape index (κ3) is 3.86. The van der Waals surface area contributed by atoms with Crippen LogP contribution < -0.4 is 10.3 Å². The lowest BCUT2D eigenvalue weighted by Gasteiger charge is -2.21. The standard InChI is InChI=1S/C12H14Cl3N3OS/c1-2-6-10-16-18(20-12(13,14)15)11(19)17(10)9-7-4-3-5-8-9/h3-5,7-8,10,16H,2,6H2,1H3. The first kappa shape index (κ1) is 16.0. The van der Waals surface area contributed by atoms with Crippen molar-refractivity contribution in [1.82, 2.24) is 9.84 Å². The number of rotatable bonds is 4. The highest BCUT2D eigenvalue weighted by Crippen LogP contribution is 2.42. The minimum absolute atomic E-state index is 0.144. The summed E-state index contributed by atoms with van der Waals surface area (Å²) in [5.74, 6) is 0. The van der Waals surface area contributed by atoms with Crippen LogP contribution in [0.5, 0.6) is 0 Å². The minimum Gasteiger partial charge on any atom is -0.275 e. The van der Waals surface area contributed by atoms with Gasteiger partial charge in [0.2, 0.25) is 0 Å². The number of halogens is 3. The summed E-state index contributed by atoms with van der Waals surface area (Å²) in [7, 11) is 0. The molecule has 1 aromatic carbocycles. The Kier molecular flexibility index (Phi) is 5.31. The molecule has 1 aromatic rings. The second kappa shape index (κ2) is 6.62. The van der Waals surface area contributed by atoms with E-state index in [2.05, 4.69) is 12.3 Å². The molecule has 0 radical (unpaired) electrons. The molecule has 1 unspecified atom stereocenters. The molecule has 1 atom stereocenters. The van der Waals surface area contributed by atoms with Crippen LogP contribution in [0.15, 0.2) is 30.3 Å². The van der Waals surface area contributed by atoms with Gasteiger partial charge in [-0.2, -0.15) is 9.84 Å². The van der Waals surface area contributed by atoms with Crippen LogP contribution in [0.1, 0.15) is 19.8 Å². The van der Waals surface area contributed by atoms with Crippen LogP contribution in [0, 0.1) is 0 Å². The zero-order chi connectivity index (χ0) is 14.8. The lowest BCUT2D eigenvalue weighted by atomic mass is 10.2. The van der Waals surface area contributed by atoms with Crippen molar-refractivity contribution in [1.29, 1.82) is 0 Å². The summed E-state index contributed by atoms with van der Waals surface area (Å²) in [5, 5.41) is 0. The number of anilines is 1. The smallest absolute Gasteiger partial charge is 0.275 e. The Balaban J connectivity index is 2.22. The summed E-state index contributed by atoms with van der Waals surface area (Å²) in [6, 6.07) is 9.19. The van der Waals surface area contributed by atoms with E-state index in [1.54, 1.807) is 4.90 Å². The van der Waals surface area contributed by atoms with Crippen molar-refractivity contribution in [3.05, 3.63) is 30.3 Å². The first-order valence-corrected chi connectivity index (χ1v) is 8.03. The van der Waals surface area contributed by atoms with Gasteiger partial charge in [0.1, 0.15) is 6.17 Å². The molecule has 1 heterocycles. The van der Waals surface area contributed by atoms with Gasteiger partial charge in [-0.15, -0.1) is 0 Å². The predicted molar refractivity (Wildman–Crippen MR) is 85.9 cm³/mol. The maximum atomic E-state index is 12.5. The maximum Gasteiger partial charge on any atom is 0.350 e. The fourth-order valence-corrected chi connectivity index (χ4v) is 3.16. The van der Waals surface area contributed by atoms with Gasteiger partial charge >= 0.3 is 6.03 Å². The predicted octanol–water partition coefficient (Wildman–Crippen LogP) is 4.54. The van der Waals surface area contributed by atoms with E-state index in [1.165, 1.54) is 4.41 Å². The first-order valence-electron chi connectivity index (χ1n) is 6.13. The minimum atomic E-state index is -1.59. The fraction of sp³-hybridized carbons (Fsp3) is 0.417. The van der Waals surface area contributed by atoms with Gasteiger partial charge in [0.15, 0.2) is 0 Å². The number of hydrogen-bond acceptors (Lipinski definition) is 3. The molecule has 1 aliphatic rings. The van der Waals surface area contributed by atoms with Gasteiger partial charge in [0, 0.05) is 17.6 Å². The van der Waals surface area contributed by atoms with Crippen molar-refractivity contribution >= 4 is 58.5 Å². The van der Waals surface area contributed by atoms with E-state index in [0.717, 1.165) is 30.5 Å². The maximum absolute atomic E-state index is 12.5. The van der Waals surface area contributed by atoms with Gasteiger partial charge in [0.25, 0.3) is 3.12 Å². The number of nitrogens with one attached hydrogen (secondary N) is 1. The third-order valence-corrected chi connectivity index (χ3v) is 4.02. The summed E-state index contributed by atoms with van der Waals surface area (Å²) in [4.78, 5) is 14.1. The van der Waals surface area contributed by atoms with Crippen molar-refractivity contribution in [3.63, 3.8) is 0 Å².